The summed E-state index contributed by atoms with van der Waals surface area (Å²) in [5, 5.41) is 8.46. The number of fused-ring (bicyclic) bond motifs is 1. The van der Waals surface area contributed by atoms with Gasteiger partial charge in [0.2, 0.25) is 5.91 Å². The van der Waals surface area contributed by atoms with E-state index in [1.807, 2.05) is 18.2 Å². The molecule has 2 heterocycles. The predicted molar refractivity (Wildman–Crippen MR) is 84.7 cm³/mol. The molecule has 1 amide bonds. The van der Waals surface area contributed by atoms with Crippen LogP contribution in [0.1, 0.15) is 12.8 Å². The second-order valence-electron chi connectivity index (χ2n) is 5.84. The van der Waals surface area contributed by atoms with Gasteiger partial charge in [0.15, 0.2) is 0 Å². The summed E-state index contributed by atoms with van der Waals surface area (Å²) >= 11 is 0. The summed E-state index contributed by atoms with van der Waals surface area (Å²) in [6, 6.07) is 7.46. The first kappa shape index (κ1) is 14.7. The van der Waals surface area contributed by atoms with E-state index in [0.717, 1.165) is 31.3 Å². The maximum Gasteiger partial charge on any atom is 0.275 e. The van der Waals surface area contributed by atoms with Crippen molar-refractivity contribution in [3.63, 3.8) is 0 Å². The van der Waals surface area contributed by atoms with E-state index in [9.17, 15) is 9.59 Å². The first-order chi connectivity index (χ1) is 10.6. The van der Waals surface area contributed by atoms with Crippen LogP contribution in [0.3, 0.4) is 0 Å². The van der Waals surface area contributed by atoms with Gasteiger partial charge in [0.25, 0.3) is 5.56 Å². The number of hydrogen-bond donors (Lipinski definition) is 1. The molecule has 0 atom stereocenters. The minimum Gasteiger partial charge on any atom is -0.352 e. The zero-order valence-electron chi connectivity index (χ0n) is 12.7. The number of carbonyl (C=O) groups is 1. The SMILES string of the molecule is CN1CCC(NC(=O)Cn2ncc3ccccc3c2=O)CC1. The van der Waals surface area contributed by atoms with E-state index >= 15 is 0 Å². The lowest BCUT2D eigenvalue weighted by Crippen LogP contribution is -2.45. The summed E-state index contributed by atoms with van der Waals surface area (Å²) in [4.78, 5) is 26.7. The molecule has 1 aromatic heterocycles. The van der Waals surface area contributed by atoms with Crippen LogP contribution in [0.4, 0.5) is 0 Å². The normalized spacial score (nSPS) is 16.8. The summed E-state index contributed by atoms with van der Waals surface area (Å²) in [6.07, 6.45) is 3.52. The van der Waals surface area contributed by atoms with Gasteiger partial charge in [-0.3, -0.25) is 9.59 Å². The summed E-state index contributed by atoms with van der Waals surface area (Å²) in [6.45, 7) is 1.94. The van der Waals surface area contributed by atoms with Crippen molar-refractivity contribution in [2.45, 2.75) is 25.4 Å². The zero-order valence-corrected chi connectivity index (χ0v) is 12.7. The number of amides is 1. The standard InChI is InChI=1S/C16H20N4O2/c1-19-8-6-13(7-9-19)18-15(21)11-20-16(22)14-5-3-2-4-12(14)10-17-20/h2-5,10,13H,6-9,11H2,1H3,(H,18,21). The van der Waals surface area contributed by atoms with Gasteiger partial charge in [-0.25, -0.2) is 4.68 Å². The van der Waals surface area contributed by atoms with Crippen molar-refractivity contribution in [3.05, 3.63) is 40.8 Å². The van der Waals surface area contributed by atoms with Crippen molar-refractivity contribution in [2.75, 3.05) is 20.1 Å². The molecule has 116 valence electrons. The number of nitrogens with zero attached hydrogens (tertiary/aromatic N) is 3. The number of likely N-dealkylation sites (tertiary alicyclic amines) is 1. The molecule has 0 spiro atoms. The van der Waals surface area contributed by atoms with Gasteiger partial charge in [-0.15, -0.1) is 0 Å². The first-order valence-electron chi connectivity index (χ1n) is 7.56. The van der Waals surface area contributed by atoms with E-state index in [1.165, 1.54) is 4.68 Å². The molecular weight excluding hydrogens is 280 g/mol. The summed E-state index contributed by atoms with van der Waals surface area (Å²) < 4.78 is 1.23. The van der Waals surface area contributed by atoms with E-state index in [-0.39, 0.29) is 24.1 Å². The molecule has 3 rings (SSSR count). The third kappa shape index (κ3) is 3.17. The van der Waals surface area contributed by atoms with Gasteiger partial charge < -0.3 is 10.2 Å². The maximum absolute atomic E-state index is 12.3. The molecule has 0 unspecified atom stereocenters. The number of aromatic nitrogens is 2. The van der Waals surface area contributed by atoms with Crippen molar-refractivity contribution < 1.29 is 4.79 Å². The number of hydrogen-bond acceptors (Lipinski definition) is 4. The van der Waals surface area contributed by atoms with Gasteiger partial charge >= 0.3 is 0 Å². The molecule has 0 saturated carbocycles. The largest absolute Gasteiger partial charge is 0.352 e. The van der Waals surface area contributed by atoms with Crippen LogP contribution in [0, 0.1) is 0 Å². The number of carbonyl (C=O) groups excluding carboxylic acids is 1. The van der Waals surface area contributed by atoms with E-state index < -0.39 is 0 Å². The Morgan fingerprint density at radius 3 is 2.82 bits per heavy atom. The van der Waals surface area contributed by atoms with E-state index in [0.29, 0.717) is 5.39 Å². The van der Waals surface area contributed by atoms with Crippen LogP contribution in [-0.4, -0.2) is 46.8 Å². The summed E-state index contributed by atoms with van der Waals surface area (Å²) in [5.74, 6) is -0.153. The average molecular weight is 300 g/mol. The predicted octanol–water partition coefficient (Wildman–Crippen LogP) is 0.607. The second kappa shape index (κ2) is 6.27. The van der Waals surface area contributed by atoms with Gasteiger partial charge in [0, 0.05) is 11.4 Å². The van der Waals surface area contributed by atoms with E-state index in [2.05, 4.69) is 22.4 Å². The molecule has 2 aromatic rings. The molecular formula is C16H20N4O2. The third-order valence-corrected chi connectivity index (χ3v) is 4.14. The minimum absolute atomic E-state index is 0.0317. The third-order valence-electron chi connectivity index (χ3n) is 4.14. The Morgan fingerprint density at radius 1 is 1.32 bits per heavy atom. The fourth-order valence-electron chi connectivity index (χ4n) is 2.80. The van der Waals surface area contributed by atoms with Crippen LogP contribution in [-0.2, 0) is 11.3 Å². The Hall–Kier alpha value is -2.21. The maximum atomic E-state index is 12.3. The monoisotopic (exact) mass is 300 g/mol. The fraction of sp³-hybridized carbons (Fsp3) is 0.438. The second-order valence-corrected chi connectivity index (χ2v) is 5.84. The van der Waals surface area contributed by atoms with Gasteiger partial charge in [-0.05, 0) is 39.0 Å². The molecule has 1 N–H and O–H groups in total. The van der Waals surface area contributed by atoms with Gasteiger partial charge in [-0.2, -0.15) is 5.10 Å². The Kier molecular flexibility index (Phi) is 4.20. The summed E-state index contributed by atoms with van der Waals surface area (Å²) in [5.41, 5.74) is -0.225. The van der Waals surface area contributed by atoms with Gasteiger partial charge in [0.05, 0.1) is 11.6 Å². The molecule has 6 nitrogen and oxygen atoms in total. The average Bonchev–Trinajstić information content (AvgIpc) is 2.53. The van der Waals surface area contributed by atoms with Crippen molar-refractivity contribution in [3.8, 4) is 0 Å². The molecule has 1 saturated heterocycles. The highest BCUT2D eigenvalue weighted by molar-refractivity contribution is 5.81. The molecule has 1 fully saturated rings. The molecule has 6 heteroatoms. The van der Waals surface area contributed by atoms with Gasteiger partial charge in [-0.1, -0.05) is 18.2 Å². The molecule has 1 aliphatic heterocycles. The van der Waals surface area contributed by atoms with E-state index in [4.69, 9.17) is 0 Å². The quantitative estimate of drug-likeness (QED) is 0.902. The highest BCUT2D eigenvalue weighted by atomic mass is 16.2. The van der Waals surface area contributed by atoms with Crippen molar-refractivity contribution >= 4 is 16.7 Å². The lowest BCUT2D eigenvalue weighted by molar-refractivity contribution is -0.122. The van der Waals surface area contributed by atoms with Crippen LogP contribution >= 0.6 is 0 Å². The van der Waals surface area contributed by atoms with Crippen LogP contribution < -0.4 is 10.9 Å². The van der Waals surface area contributed by atoms with Crippen molar-refractivity contribution in [1.29, 1.82) is 0 Å². The molecule has 0 radical (unpaired) electrons. The summed E-state index contributed by atoms with van der Waals surface area (Å²) in [7, 11) is 2.08. The fourth-order valence-corrected chi connectivity index (χ4v) is 2.80. The van der Waals surface area contributed by atoms with Crippen LogP contribution in [0.5, 0.6) is 0 Å². The number of piperidine rings is 1. The van der Waals surface area contributed by atoms with Crippen molar-refractivity contribution in [1.82, 2.24) is 20.0 Å². The molecule has 1 aromatic carbocycles. The Labute approximate surface area is 128 Å². The lowest BCUT2D eigenvalue weighted by Gasteiger charge is -2.29. The first-order valence-corrected chi connectivity index (χ1v) is 7.56. The lowest BCUT2D eigenvalue weighted by atomic mass is 10.1. The smallest absolute Gasteiger partial charge is 0.275 e. The Balaban J connectivity index is 1.69. The van der Waals surface area contributed by atoms with Gasteiger partial charge in [0.1, 0.15) is 6.54 Å². The highest BCUT2D eigenvalue weighted by Gasteiger charge is 2.19. The Morgan fingerprint density at radius 2 is 2.05 bits per heavy atom. The highest BCUT2D eigenvalue weighted by Crippen LogP contribution is 2.08. The van der Waals surface area contributed by atoms with E-state index in [1.54, 1.807) is 12.3 Å². The number of benzene rings is 1. The molecule has 22 heavy (non-hydrogen) atoms. The molecule has 1 aliphatic rings. The number of nitrogens with one attached hydrogen (secondary N) is 1. The number of rotatable bonds is 3. The molecule has 0 bridgehead atoms. The van der Waals surface area contributed by atoms with Crippen molar-refractivity contribution in [2.24, 2.45) is 0 Å². The topological polar surface area (TPSA) is 67.2 Å². The Bertz CT molecular complexity index is 732. The minimum atomic E-state index is -0.225. The molecule has 0 aliphatic carbocycles. The zero-order chi connectivity index (χ0) is 15.5. The van der Waals surface area contributed by atoms with Crippen LogP contribution in [0.15, 0.2) is 35.3 Å². The van der Waals surface area contributed by atoms with Crippen LogP contribution in [0.2, 0.25) is 0 Å². The van der Waals surface area contributed by atoms with Crippen LogP contribution in [0.25, 0.3) is 10.8 Å².